The van der Waals surface area contributed by atoms with E-state index in [1.165, 1.54) is 16.1 Å². The van der Waals surface area contributed by atoms with Crippen molar-refractivity contribution in [2.24, 2.45) is 7.05 Å². The Morgan fingerprint density at radius 3 is 2.58 bits per heavy atom. The summed E-state index contributed by atoms with van der Waals surface area (Å²) in [6.07, 6.45) is 4.11. The smallest absolute Gasteiger partial charge is 0.229 e. The van der Waals surface area contributed by atoms with Crippen LogP contribution in [0.4, 0.5) is 23.1 Å². The summed E-state index contributed by atoms with van der Waals surface area (Å²) >= 11 is 1.75. The van der Waals surface area contributed by atoms with Crippen molar-refractivity contribution >= 4 is 45.9 Å². The first-order valence-corrected chi connectivity index (χ1v) is 13.4. The third-order valence-corrected chi connectivity index (χ3v) is 7.50. The van der Waals surface area contributed by atoms with Gasteiger partial charge in [0.1, 0.15) is 11.3 Å². The van der Waals surface area contributed by atoms with Crippen molar-refractivity contribution in [2.75, 3.05) is 62.1 Å². The van der Waals surface area contributed by atoms with E-state index in [1.807, 2.05) is 29.9 Å². The molecular weight excluding hydrogens is 470 g/mol. The summed E-state index contributed by atoms with van der Waals surface area (Å²) in [5.41, 5.74) is 5.09. The predicted molar refractivity (Wildman–Crippen MR) is 150 cm³/mol. The minimum atomic E-state index is 0.528. The minimum absolute atomic E-state index is 0.528. The summed E-state index contributed by atoms with van der Waals surface area (Å²) in [6, 6.07) is 16.7. The Morgan fingerprint density at radius 1 is 1.00 bits per heavy atom. The zero-order valence-electron chi connectivity index (χ0n) is 21.3. The number of rotatable bonds is 8. The Morgan fingerprint density at radius 2 is 1.81 bits per heavy atom. The number of anilines is 4. The molecule has 9 heteroatoms. The fourth-order valence-corrected chi connectivity index (χ4v) is 5.18. The van der Waals surface area contributed by atoms with E-state index in [9.17, 15) is 0 Å². The first kappa shape index (κ1) is 24.3. The maximum atomic E-state index is 5.75. The molecule has 2 aromatic heterocycles. The molecule has 0 saturated carbocycles. The second-order valence-corrected chi connectivity index (χ2v) is 9.87. The normalized spacial score (nSPS) is 14.3. The topological polar surface area (TPSA) is 70.5 Å². The molecule has 0 bridgehead atoms. The van der Waals surface area contributed by atoms with Gasteiger partial charge in [0.15, 0.2) is 5.82 Å². The molecule has 0 spiro atoms. The molecule has 1 aliphatic heterocycles. The number of piperazine rings is 1. The quantitative estimate of drug-likeness (QED) is 0.332. The van der Waals surface area contributed by atoms with Crippen molar-refractivity contribution in [3.05, 3.63) is 60.3 Å². The SMILES string of the molecule is COc1cc(N2CCN(C)CC2)ccc1Nc1nc(NCc2ccccc2SC)c2c(ccn2C)n1. The molecule has 188 valence electrons. The number of thioether (sulfide) groups is 1. The highest BCUT2D eigenvalue weighted by Crippen LogP contribution is 2.33. The van der Waals surface area contributed by atoms with Gasteiger partial charge in [-0.15, -0.1) is 11.8 Å². The highest BCUT2D eigenvalue weighted by Gasteiger charge is 2.17. The van der Waals surface area contributed by atoms with Crippen molar-refractivity contribution in [1.82, 2.24) is 19.4 Å². The van der Waals surface area contributed by atoms with E-state index in [2.05, 4.69) is 70.1 Å². The van der Waals surface area contributed by atoms with Crippen LogP contribution >= 0.6 is 11.8 Å². The predicted octanol–water partition coefficient (Wildman–Crippen LogP) is 4.81. The fraction of sp³-hybridized carbons (Fsp3) is 0.333. The number of benzene rings is 2. The van der Waals surface area contributed by atoms with Gasteiger partial charge < -0.3 is 29.7 Å². The average molecular weight is 504 g/mol. The second-order valence-electron chi connectivity index (χ2n) is 9.02. The molecule has 0 aliphatic carbocycles. The van der Waals surface area contributed by atoms with Crippen LogP contribution in [0.25, 0.3) is 11.0 Å². The molecular formula is C27H33N7OS. The number of methoxy groups -OCH3 is 1. The fourth-order valence-electron chi connectivity index (χ4n) is 4.57. The zero-order chi connectivity index (χ0) is 25.1. The van der Waals surface area contributed by atoms with Crippen LogP contribution < -0.4 is 20.3 Å². The van der Waals surface area contributed by atoms with Gasteiger partial charge in [-0.05, 0) is 43.1 Å². The van der Waals surface area contributed by atoms with E-state index < -0.39 is 0 Å². The van der Waals surface area contributed by atoms with Gasteiger partial charge in [0, 0.05) is 62.6 Å². The van der Waals surface area contributed by atoms with Crippen LogP contribution in [0.2, 0.25) is 0 Å². The van der Waals surface area contributed by atoms with Crippen molar-refractivity contribution in [3.63, 3.8) is 0 Å². The molecule has 36 heavy (non-hydrogen) atoms. The lowest BCUT2D eigenvalue weighted by Crippen LogP contribution is -2.44. The molecule has 3 heterocycles. The molecule has 0 unspecified atom stereocenters. The molecule has 4 aromatic rings. The lowest BCUT2D eigenvalue weighted by molar-refractivity contribution is 0.312. The molecule has 8 nitrogen and oxygen atoms in total. The van der Waals surface area contributed by atoms with Gasteiger partial charge in [-0.3, -0.25) is 0 Å². The third-order valence-electron chi connectivity index (χ3n) is 6.66. The Kier molecular flexibility index (Phi) is 7.20. The van der Waals surface area contributed by atoms with Crippen LogP contribution in [-0.2, 0) is 13.6 Å². The van der Waals surface area contributed by atoms with Crippen molar-refractivity contribution in [3.8, 4) is 5.75 Å². The van der Waals surface area contributed by atoms with E-state index >= 15 is 0 Å². The van der Waals surface area contributed by atoms with Crippen LogP contribution in [0, 0.1) is 0 Å². The number of nitrogens with one attached hydrogen (secondary N) is 2. The number of hydrogen-bond donors (Lipinski definition) is 2. The molecule has 1 aliphatic rings. The van der Waals surface area contributed by atoms with E-state index in [1.54, 1.807) is 18.9 Å². The zero-order valence-corrected chi connectivity index (χ0v) is 22.1. The van der Waals surface area contributed by atoms with E-state index in [-0.39, 0.29) is 0 Å². The van der Waals surface area contributed by atoms with Crippen LogP contribution in [0.5, 0.6) is 5.75 Å². The monoisotopic (exact) mass is 503 g/mol. The number of hydrogen-bond acceptors (Lipinski definition) is 8. The molecule has 0 atom stereocenters. The summed E-state index contributed by atoms with van der Waals surface area (Å²) in [6.45, 7) is 4.81. The number of ether oxygens (including phenoxy) is 1. The number of likely N-dealkylation sites (N-methyl/N-ethyl adjacent to an activating group) is 1. The molecule has 1 saturated heterocycles. The summed E-state index contributed by atoms with van der Waals surface area (Å²) in [5.74, 6) is 2.09. The minimum Gasteiger partial charge on any atom is -0.494 e. The molecule has 2 aromatic carbocycles. The summed E-state index contributed by atoms with van der Waals surface area (Å²) in [5, 5.41) is 6.94. The second kappa shape index (κ2) is 10.7. The van der Waals surface area contributed by atoms with Gasteiger partial charge in [-0.1, -0.05) is 18.2 Å². The van der Waals surface area contributed by atoms with Crippen molar-refractivity contribution in [2.45, 2.75) is 11.4 Å². The largest absolute Gasteiger partial charge is 0.494 e. The van der Waals surface area contributed by atoms with Gasteiger partial charge in [-0.25, -0.2) is 4.98 Å². The van der Waals surface area contributed by atoms with Gasteiger partial charge in [0.05, 0.1) is 18.3 Å². The molecule has 1 fully saturated rings. The molecule has 2 N–H and O–H groups in total. The van der Waals surface area contributed by atoms with Crippen molar-refractivity contribution < 1.29 is 4.74 Å². The van der Waals surface area contributed by atoms with E-state index in [0.717, 1.165) is 54.5 Å². The Labute approximate surface area is 216 Å². The lowest BCUT2D eigenvalue weighted by Gasteiger charge is -2.34. The molecule has 0 amide bonds. The number of nitrogens with zero attached hydrogens (tertiary/aromatic N) is 5. The summed E-state index contributed by atoms with van der Waals surface area (Å²) in [7, 11) is 5.88. The lowest BCUT2D eigenvalue weighted by atomic mass is 10.2. The standard InChI is InChI=1S/C27H33N7OS/c1-32-13-15-34(16-14-32)20-9-10-21(23(17-20)35-3)29-27-30-22-11-12-33(2)25(22)26(31-27)28-18-19-7-5-6-8-24(19)36-4/h5-12,17H,13-16,18H2,1-4H3,(H2,28,29,30,31). The summed E-state index contributed by atoms with van der Waals surface area (Å²) < 4.78 is 7.79. The average Bonchev–Trinajstić information content (AvgIpc) is 3.28. The van der Waals surface area contributed by atoms with Crippen LogP contribution in [-0.4, -0.2) is 66.0 Å². The van der Waals surface area contributed by atoms with E-state index in [0.29, 0.717) is 12.5 Å². The number of aryl methyl sites for hydroxylation is 1. The van der Waals surface area contributed by atoms with Gasteiger partial charge in [0.2, 0.25) is 5.95 Å². The number of aromatic nitrogens is 3. The Hall–Kier alpha value is -3.43. The van der Waals surface area contributed by atoms with E-state index in [4.69, 9.17) is 14.7 Å². The van der Waals surface area contributed by atoms with Gasteiger partial charge in [-0.2, -0.15) is 4.98 Å². The highest BCUT2D eigenvalue weighted by molar-refractivity contribution is 7.98. The summed E-state index contributed by atoms with van der Waals surface area (Å²) in [4.78, 5) is 15.6. The van der Waals surface area contributed by atoms with Crippen molar-refractivity contribution in [1.29, 1.82) is 0 Å². The molecule has 5 rings (SSSR count). The maximum Gasteiger partial charge on any atom is 0.229 e. The number of fused-ring (bicyclic) bond motifs is 1. The van der Waals surface area contributed by atoms with Gasteiger partial charge in [0.25, 0.3) is 0 Å². The highest BCUT2D eigenvalue weighted by atomic mass is 32.2. The maximum absolute atomic E-state index is 5.75. The Bertz CT molecular complexity index is 1350. The van der Waals surface area contributed by atoms with Gasteiger partial charge >= 0.3 is 0 Å². The van der Waals surface area contributed by atoms with Crippen LogP contribution in [0.1, 0.15) is 5.56 Å². The molecule has 0 radical (unpaired) electrons. The Balaban J connectivity index is 1.41. The first-order valence-electron chi connectivity index (χ1n) is 12.1. The van der Waals surface area contributed by atoms with Crippen LogP contribution in [0.3, 0.4) is 0 Å². The third kappa shape index (κ3) is 5.08. The van der Waals surface area contributed by atoms with Crippen LogP contribution in [0.15, 0.2) is 59.6 Å². The first-order chi connectivity index (χ1) is 17.6.